The lowest BCUT2D eigenvalue weighted by Crippen LogP contribution is -2.43. The highest BCUT2D eigenvalue weighted by atomic mass is 32.1. The zero-order valence-electron chi connectivity index (χ0n) is 17.0. The third kappa shape index (κ3) is 3.27. The number of fused-ring (bicyclic) bond motifs is 2. The van der Waals surface area contributed by atoms with Gasteiger partial charge >= 0.3 is 6.03 Å². The molecule has 32 heavy (non-hydrogen) atoms. The molecule has 0 saturated heterocycles. The topological polar surface area (TPSA) is 72.5 Å². The molecule has 0 radical (unpaired) electrons. The number of carbonyl (C=O) groups excluding carboxylic acids is 1. The van der Waals surface area contributed by atoms with Crippen LogP contribution in [0.15, 0.2) is 72.8 Å². The number of carbonyl (C=O) groups is 1. The van der Waals surface area contributed by atoms with E-state index in [-0.39, 0.29) is 6.03 Å². The summed E-state index contributed by atoms with van der Waals surface area (Å²) in [6.07, 6.45) is 0. The third-order valence-electron chi connectivity index (χ3n) is 5.56. The van der Waals surface area contributed by atoms with Crippen LogP contribution in [0.1, 0.15) is 22.2 Å². The smallest absolute Gasteiger partial charge is 0.320 e. The van der Waals surface area contributed by atoms with Gasteiger partial charge in [0.2, 0.25) is 0 Å². The first-order valence-corrected chi connectivity index (χ1v) is 11.2. The molecule has 0 unspecified atom stereocenters. The Kier molecular flexibility index (Phi) is 4.54. The predicted octanol–water partition coefficient (Wildman–Crippen LogP) is 4.99. The molecule has 1 atom stereocenters. The number of ether oxygens (including phenoxy) is 2. The summed E-state index contributed by atoms with van der Waals surface area (Å²) in [6.45, 7) is 1.04. The predicted molar refractivity (Wildman–Crippen MR) is 125 cm³/mol. The summed E-state index contributed by atoms with van der Waals surface area (Å²) < 4.78 is 12.6. The van der Waals surface area contributed by atoms with E-state index in [0.29, 0.717) is 24.7 Å². The molecule has 4 aromatic rings. The second kappa shape index (κ2) is 7.69. The van der Waals surface area contributed by atoms with E-state index in [1.165, 1.54) is 0 Å². The molecule has 0 spiro atoms. The second-order valence-electron chi connectivity index (χ2n) is 7.58. The van der Waals surface area contributed by atoms with Gasteiger partial charge in [0.05, 0.1) is 22.0 Å². The van der Waals surface area contributed by atoms with Crippen LogP contribution in [0.4, 0.5) is 4.79 Å². The van der Waals surface area contributed by atoms with E-state index in [9.17, 15) is 4.79 Å². The minimum absolute atomic E-state index is 0.256. The van der Waals surface area contributed by atoms with Crippen LogP contribution < -0.4 is 20.1 Å². The molecule has 2 N–H and O–H groups in total. The maximum absolute atomic E-state index is 12.7. The molecular weight excluding hydrogens is 422 g/mol. The summed E-state index contributed by atoms with van der Waals surface area (Å²) in [7, 11) is 0. The SMILES string of the molecule is O=C1NC(c2ccccc2)=C(c2nc3ccccc3s2)[C@H](c2ccc3c(c2)OCCO3)N1. The molecule has 2 aliphatic rings. The molecule has 2 aliphatic heterocycles. The number of benzene rings is 3. The summed E-state index contributed by atoms with van der Waals surface area (Å²) in [5, 5.41) is 6.98. The van der Waals surface area contributed by atoms with Gasteiger partial charge in [0.15, 0.2) is 11.5 Å². The number of nitrogens with one attached hydrogen (secondary N) is 2. The fourth-order valence-electron chi connectivity index (χ4n) is 4.10. The van der Waals surface area contributed by atoms with Gasteiger partial charge in [-0.05, 0) is 35.4 Å². The quantitative estimate of drug-likeness (QED) is 0.470. The Bertz CT molecular complexity index is 1330. The number of amides is 2. The standard InChI is InChI=1S/C25H19N3O3S/c29-25-27-22(15-6-2-1-3-7-15)21(24-26-17-8-4-5-9-20(17)32-24)23(28-25)16-10-11-18-19(14-16)31-13-12-30-18/h1-11,14,23H,12-13H2,(H2,27,28,29)/t23-/m0/s1. The van der Waals surface area contributed by atoms with Crippen molar-refractivity contribution in [3.05, 3.63) is 88.9 Å². The normalized spacial score (nSPS) is 17.8. The zero-order chi connectivity index (χ0) is 21.5. The number of aromatic nitrogens is 1. The van der Waals surface area contributed by atoms with Crippen molar-refractivity contribution >= 4 is 38.9 Å². The van der Waals surface area contributed by atoms with E-state index in [4.69, 9.17) is 14.5 Å². The largest absolute Gasteiger partial charge is 0.486 e. The van der Waals surface area contributed by atoms with Crippen LogP contribution in [-0.2, 0) is 0 Å². The maximum atomic E-state index is 12.7. The van der Waals surface area contributed by atoms with E-state index in [1.54, 1.807) is 11.3 Å². The highest BCUT2D eigenvalue weighted by Crippen LogP contribution is 2.43. The minimum Gasteiger partial charge on any atom is -0.486 e. The molecule has 0 aliphatic carbocycles. The molecule has 6 nitrogen and oxygen atoms in total. The zero-order valence-corrected chi connectivity index (χ0v) is 17.8. The van der Waals surface area contributed by atoms with E-state index < -0.39 is 6.04 Å². The molecule has 0 fully saturated rings. The van der Waals surface area contributed by atoms with Crippen molar-refractivity contribution in [3.8, 4) is 11.5 Å². The highest BCUT2D eigenvalue weighted by Gasteiger charge is 2.32. The Morgan fingerprint density at radius 3 is 2.53 bits per heavy atom. The lowest BCUT2D eigenvalue weighted by molar-refractivity contribution is 0.171. The second-order valence-corrected chi connectivity index (χ2v) is 8.61. The Morgan fingerprint density at radius 2 is 1.69 bits per heavy atom. The van der Waals surface area contributed by atoms with Gasteiger partial charge in [0.1, 0.15) is 18.2 Å². The van der Waals surface area contributed by atoms with Crippen molar-refractivity contribution in [3.63, 3.8) is 0 Å². The Hall–Kier alpha value is -3.84. The first-order valence-electron chi connectivity index (χ1n) is 10.4. The molecule has 0 bridgehead atoms. The van der Waals surface area contributed by atoms with Crippen molar-refractivity contribution in [2.45, 2.75) is 6.04 Å². The van der Waals surface area contributed by atoms with Crippen LogP contribution in [0, 0.1) is 0 Å². The van der Waals surface area contributed by atoms with E-state index in [0.717, 1.165) is 37.6 Å². The average molecular weight is 442 g/mol. The van der Waals surface area contributed by atoms with Crippen LogP contribution in [0.3, 0.4) is 0 Å². The third-order valence-corrected chi connectivity index (χ3v) is 6.63. The van der Waals surface area contributed by atoms with Crippen molar-refractivity contribution in [2.24, 2.45) is 0 Å². The van der Waals surface area contributed by atoms with Gasteiger partial charge in [-0.1, -0.05) is 48.5 Å². The molecular formula is C25H19N3O3S. The van der Waals surface area contributed by atoms with Gasteiger partial charge in [0.25, 0.3) is 0 Å². The van der Waals surface area contributed by atoms with Crippen molar-refractivity contribution in [2.75, 3.05) is 13.2 Å². The monoisotopic (exact) mass is 441 g/mol. The fraction of sp³-hybridized carbons (Fsp3) is 0.120. The summed E-state index contributed by atoms with van der Waals surface area (Å²) in [5.41, 5.74) is 4.46. The van der Waals surface area contributed by atoms with Crippen molar-refractivity contribution in [1.82, 2.24) is 15.6 Å². The summed E-state index contributed by atoms with van der Waals surface area (Å²) in [4.78, 5) is 17.7. The number of hydrogen-bond donors (Lipinski definition) is 2. The van der Waals surface area contributed by atoms with Gasteiger partial charge in [-0.2, -0.15) is 0 Å². The van der Waals surface area contributed by atoms with Crippen LogP contribution in [0.25, 0.3) is 21.5 Å². The maximum Gasteiger partial charge on any atom is 0.320 e. The summed E-state index contributed by atoms with van der Waals surface area (Å²) in [5.74, 6) is 1.40. The van der Waals surface area contributed by atoms with Gasteiger partial charge in [-0.3, -0.25) is 0 Å². The van der Waals surface area contributed by atoms with E-state index >= 15 is 0 Å². The lowest BCUT2D eigenvalue weighted by Gasteiger charge is -2.30. The summed E-state index contributed by atoms with van der Waals surface area (Å²) >= 11 is 1.61. The van der Waals surface area contributed by atoms with Gasteiger partial charge in [-0.25, -0.2) is 9.78 Å². The number of para-hydroxylation sites is 1. The first-order chi connectivity index (χ1) is 15.8. The number of rotatable bonds is 3. The molecule has 3 aromatic carbocycles. The fourth-order valence-corrected chi connectivity index (χ4v) is 5.15. The number of nitrogens with zero attached hydrogens (tertiary/aromatic N) is 1. The highest BCUT2D eigenvalue weighted by molar-refractivity contribution is 7.19. The minimum atomic E-state index is -0.393. The average Bonchev–Trinajstić information content (AvgIpc) is 3.27. The number of thiazole rings is 1. The van der Waals surface area contributed by atoms with Gasteiger partial charge in [0, 0.05) is 5.57 Å². The van der Waals surface area contributed by atoms with E-state index in [1.807, 2.05) is 66.7 Å². The number of hydrogen-bond acceptors (Lipinski definition) is 5. The van der Waals surface area contributed by atoms with Crippen LogP contribution in [0.2, 0.25) is 0 Å². The van der Waals surface area contributed by atoms with Gasteiger partial charge in [-0.15, -0.1) is 11.3 Å². The molecule has 0 saturated carbocycles. The molecule has 6 rings (SSSR count). The van der Waals surface area contributed by atoms with Crippen molar-refractivity contribution in [1.29, 1.82) is 0 Å². The first kappa shape index (κ1) is 18.9. The molecule has 2 amide bonds. The molecule has 7 heteroatoms. The Labute approximate surface area is 188 Å². The Balaban J connectivity index is 1.57. The molecule has 158 valence electrons. The van der Waals surface area contributed by atoms with Crippen molar-refractivity contribution < 1.29 is 14.3 Å². The van der Waals surface area contributed by atoms with Gasteiger partial charge < -0.3 is 20.1 Å². The molecule has 1 aromatic heterocycles. The molecule has 3 heterocycles. The summed E-state index contributed by atoms with van der Waals surface area (Å²) in [6, 6.07) is 23.1. The lowest BCUT2D eigenvalue weighted by atomic mass is 9.92. The van der Waals surface area contributed by atoms with Crippen LogP contribution in [-0.4, -0.2) is 24.2 Å². The Morgan fingerprint density at radius 1 is 0.906 bits per heavy atom. The van der Waals surface area contributed by atoms with E-state index in [2.05, 4.69) is 16.7 Å². The van der Waals surface area contributed by atoms with Crippen LogP contribution in [0.5, 0.6) is 11.5 Å². The number of urea groups is 1. The van der Waals surface area contributed by atoms with Crippen LogP contribution >= 0.6 is 11.3 Å².